The molecular formula is C19H26FN5O. The molecule has 2 aromatic rings. The van der Waals surface area contributed by atoms with Crippen molar-refractivity contribution in [2.45, 2.75) is 13.0 Å². The summed E-state index contributed by atoms with van der Waals surface area (Å²) in [5, 5.41) is 8.13. The summed E-state index contributed by atoms with van der Waals surface area (Å²) in [6.45, 7) is 7.29. The third-order valence-corrected chi connectivity index (χ3v) is 5.24. The molecule has 0 bridgehead atoms. The molecule has 0 aliphatic carbocycles. The summed E-state index contributed by atoms with van der Waals surface area (Å²) in [4.78, 5) is 4.78. The highest BCUT2D eigenvalue weighted by atomic mass is 19.1. The second-order valence-electron chi connectivity index (χ2n) is 6.93. The molecule has 0 unspecified atom stereocenters. The highest BCUT2D eigenvalue weighted by molar-refractivity contribution is 5.48. The molecule has 1 saturated heterocycles. The predicted molar refractivity (Wildman–Crippen MR) is 100 cm³/mol. The van der Waals surface area contributed by atoms with Gasteiger partial charge in [-0.15, -0.1) is 0 Å². The first-order valence-electron chi connectivity index (χ1n) is 9.30. The summed E-state index contributed by atoms with van der Waals surface area (Å²) in [5.41, 5.74) is 3.47. The fourth-order valence-corrected chi connectivity index (χ4v) is 3.75. The molecule has 2 aliphatic rings. The second kappa shape index (κ2) is 7.63. The Kier molecular flexibility index (Phi) is 5.08. The number of aryl methyl sites for hydroxylation is 1. The van der Waals surface area contributed by atoms with Gasteiger partial charge < -0.3 is 15.0 Å². The van der Waals surface area contributed by atoms with Crippen LogP contribution in [0.4, 0.5) is 15.9 Å². The third-order valence-electron chi connectivity index (χ3n) is 5.24. The number of fused-ring (bicyclic) bond motifs is 1. The Balaban J connectivity index is 1.25. The quantitative estimate of drug-likeness (QED) is 0.883. The van der Waals surface area contributed by atoms with Crippen molar-refractivity contribution in [3.63, 3.8) is 0 Å². The number of nitrogens with one attached hydrogen (secondary N) is 1. The zero-order valence-corrected chi connectivity index (χ0v) is 15.2. The van der Waals surface area contributed by atoms with Gasteiger partial charge in [0.25, 0.3) is 0 Å². The van der Waals surface area contributed by atoms with Gasteiger partial charge >= 0.3 is 0 Å². The van der Waals surface area contributed by atoms with E-state index in [1.165, 1.54) is 17.7 Å². The second-order valence-corrected chi connectivity index (χ2v) is 6.93. The van der Waals surface area contributed by atoms with Gasteiger partial charge in [0.15, 0.2) is 0 Å². The van der Waals surface area contributed by atoms with Gasteiger partial charge in [-0.3, -0.25) is 9.58 Å². The van der Waals surface area contributed by atoms with Crippen molar-refractivity contribution in [1.29, 1.82) is 0 Å². The van der Waals surface area contributed by atoms with Gasteiger partial charge in [-0.25, -0.2) is 4.39 Å². The molecule has 0 amide bonds. The fourth-order valence-electron chi connectivity index (χ4n) is 3.75. The zero-order chi connectivity index (χ0) is 17.9. The first-order valence-corrected chi connectivity index (χ1v) is 9.30. The molecule has 1 fully saturated rings. The third kappa shape index (κ3) is 3.68. The molecule has 140 valence electrons. The van der Waals surface area contributed by atoms with Crippen molar-refractivity contribution in [2.75, 3.05) is 56.1 Å². The number of nitrogens with zero attached hydrogens (tertiary/aromatic N) is 4. The average molecular weight is 359 g/mol. The smallest absolute Gasteiger partial charge is 0.129 e. The van der Waals surface area contributed by atoms with E-state index in [1.54, 1.807) is 0 Å². The highest BCUT2D eigenvalue weighted by Gasteiger charge is 2.20. The lowest BCUT2D eigenvalue weighted by atomic mass is 10.1. The van der Waals surface area contributed by atoms with Crippen LogP contribution in [0.25, 0.3) is 0 Å². The zero-order valence-electron chi connectivity index (χ0n) is 15.2. The van der Waals surface area contributed by atoms with Crippen LogP contribution in [-0.4, -0.2) is 60.6 Å². The summed E-state index contributed by atoms with van der Waals surface area (Å²) in [5.74, 6) is 0.908. The van der Waals surface area contributed by atoms with Crippen LogP contribution in [0.1, 0.15) is 11.3 Å². The molecule has 1 N–H and O–H groups in total. The maximum absolute atomic E-state index is 13.1. The van der Waals surface area contributed by atoms with Crippen molar-refractivity contribution >= 4 is 11.5 Å². The van der Waals surface area contributed by atoms with Gasteiger partial charge in [-0.1, -0.05) is 0 Å². The summed E-state index contributed by atoms with van der Waals surface area (Å²) >= 11 is 0. The van der Waals surface area contributed by atoms with Crippen LogP contribution in [0, 0.1) is 5.82 Å². The van der Waals surface area contributed by atoms with E-state index in [0.717, 1.165) is 69.5 Å². The Morgan fingerprint density at radius 1 is 1.15 bits per heavy atom. The van der Waals surface area contributed by atoms with Gasteiger partial charge in [0.2, 0.25) is 0 Å². The lowest BCUT2D eigenvalue weighted by Crippen LogP contribution is -2.47. The molecule has 0 saturated carbocycles. The lowest BCUT2D eigenvalue weighted by molar-refractivity contribution is 0.110. The Labute approximate surface area is 153 Å². The Morgan fingerprint density at radius 3 is 2.69 bits per heavy atom. The first-order chi connectivity index (χ1) is 12.7. The normalized spacial score (nSPS) is 18.0. The van der Waals surface area contributed by atoms with E-state index < -0.39 is 0 Å². The molecule has 1 aromatic heterocycles. The van der Waals surface area contributed by atoms with E-state index in [1.807, 2.05) is 23.9 Å². The minimum atomic E-state index is -0.179. The Morgan fingerprint density at radius 2 is 1.92 bits per heavy atom. The monoisotopic (exact) mass is 359 g/mol. The van der Waals surface area contributed by atoms with Gasteiger partial charge in [-0.2, -0.15) is 5.10 Å². The molecule has 1 aromatic carbocycles. The number of piperazine rings is 1. The van der Waals surface area contributed by atoms with Crippen LogP contribution in [-0.2, 0) is 24.8 Å². The molecule has 6 nitrogen and oxygen atoms in total. The Hall–Kier alpha value is -2.12. The number of rotatable bonds is 5. The number of ether oxygens (including phenoxy) is 1. The molecule has 3 heterocycles. The molecule has 26 heavy (non-hydrogen) atoms. The first kappa shape index (κ1) is 17.3. The largest absolute Gasteiger partial charge is 0.376 e. The number of halogens is 1. The molecule has 2 aliphatic heterocycles. The van der Waals surface area contributed by atoms with Crippen LogP contribution in [0.2, 0.25) is 0 Å². The molecule has 0 atom stereocenters. The van der Waals surface area contributed by atoms with Crippen molar-refractivity contribution in [1.82, 2.24) is 14.7 Å². The van der Waals surface area contributed by atoms with E-state index in [2.05, 4.69) is 20.2 Å². The van der Waals surface area contributed by atoms with Crippen LogP contribution in [0.15, 0.2) is 24.3 Å². The number of hydrogen-bond acceptors (Lipinski definition) is 5. The molecular weight excluding hydrogens is 333 g/mol. The van der Waals surface area contributed by atoms with Gasteiger partial charge in [0.1, 0.15) is 11.6 Å². The summed E-state index contributed by atoms with van der Waals surface area (Å²) in [6.07, 6.45) is 0.899. The van der Waals surface area contributed by atoms with E-state index in [-0.39, 0.29) is 5.82 Å². The van der Waals surface area contributed by atoms with Crippen LogP contribution >= 0.6 is 0 Å². The van der Waals surface area contributed by atoms with Crippen molar-refractivity contribution < 1.29 is 9.13 Å². The molecule has 7 heteroatoms. The number of hydrogen-bond donors (Lipinski definition) is 1. The van der Waals surface area contributed by atoms with Crippen molar-refractivity contribution in [2.24, 2.45) is 7.05 Å². The summed E-state index contributed by atoms with van der Waals surface area (Å²) < 4.78 is 20.6. The van der Waals surface area contributed by atoms with E-state index in [9.17, 15) is 4.39 Å². The van der Waals surface area contributed by atoms with Crippen molar-refractivity contribution in [3.8, 4) is 0 Å². The standard InChI is InChI=1S/C19H26FN5O/c1-23-19(17-14-26-13-6-18(17)22-23)21-7-8-24-9-11-25(12-10-24)16-4-2-15(20)3-5-16/h2-5,21H,6-14H2,1H3. The van der Waals surface area contributed by atoms with E-state index in [4.69, 9.17) is 4.74 Å². The minimum Gasteiger partial charge on any atom is -0.376 e. The van der Waals surface area contributed by atoms with E-state index in [0.29, 0.717) is 6.61 Å². The number of anilines is 2. The summed E-state index contributed by atoms with van der Waals surface area (Å²) in [7, 11) is 1.99. The van der Waals surface area contributed by atoms with Crippen LogP contribution < -0.4 is 10.2 Å². The lowest BCUT2D eigenvalue weighted by Gasteiger charge is -2.36. The number of benzene rings is 1. The summed E-state index contributed by atoms with van der Waals surface area (Å²) in [6, 6.07) is 6.79. The van der Waals surface area contributed by atoms with Crippen LogP contribution in [0.5, 0.6) is 0 Å². The predicted octanol–water partition coefficient (Wildman–Crippen LogP) is 1.87. The number of aromatic nitrogens is 2. The topological polar surface area (TPSA) is 45.6 Å². The maximum atomic E-state index is 13.1. The highest BCUT2D eigenvalue weighted by Crippen LogP contribution is 2.24. The average Bonchev–Trinajstić information content (AvgIpc) is 2.99. The molecule has 4 rings (SSSR count). The fraction of sp³-hybridized carbons (Fsp3) is 0.526. The Bertz CT molecular complexity index is 737. The van der Waals surface area contributed by atoms with Gasteiger partial charge in [0.05, 0.1) is 18.9 Å². The van der Waals surface area contributed by atoms with Gasteiger partial charge in [-0.05, 0) is 24.3 Å². The van der Waals surface area contributed by atoms with Gasteiger partial charge in [0, 0.05) is 64.0 Å². The molecule has 0 radical (unpaired) electrons. The van der Waals surface area contributed by atoms with Crippen LogP contribution in [0.3, 0.4) is 0 Å². The molecule has 0 spiro atoms. The van der Waals surface area contributed by atoms with E-state index >= 15 is 0 Å². The minimum absolute atomic E-state index is 0.179. The maximum Gasteiger partial charge on any atom is 0.129 e. The SMILES string of the molecule is Cn1nc2c(c1NCCN1CCN(c3ccc(F)cc3)CC1)COCC2. The van der Waals surface area contributed by atoms with Crippen molar-refractivity contribution in [3.05, 3.63) is 41.3 Å².